The van der Waals surface area contributed by atoms with Gasteiger partial charge in [0.2, 0.25) is 0 Å². The van der Waals surface area contributed by atoms with Crippen molar-refractivity contribution in [2.45, 2.75) is 12.5 Å². The Morgan fingerprint density at radius 2 is 2.29 bits per heavy atom. The molecule has 1 atom stereocenters. The molecule has 17 heavy (non-hydrogen) atoms. The predicted molar refractivity (Wildman–Crippen MR) is 56.6 cm³/mol. The van der Waals surface area contributed by atoms with E-state index in [1.54, 1.807) is 6.07 Å². The van der Waals surface area contributed by atoms with Crippen molar-refractivity contribution < 1.29 is 19.6 Å². The van der Waals surface area contributed by atoms with E-state index in [4.69, 9.17) is 4.74 Å². The largest absolute Gasteiger partial charge is 0.502 e. The standard InChI is InChI=1S/C10H10N2O5/c13-9-2-1-6(5-8(9)12(15)16)7-3-4-17-10(14)11-7/h1-2,5,7,13H,3-4H2,(H,11,14)/t7-/m0/s1. The second kappa shape index (κ2) is 4.28. The Morgan fingerprint density at radius 3 is 2.94 bits per heavy atom. The average molecular weight is 238 g/mol. The van der Waals surface area contributed by atoms with Gasteiger partial charge in [-0.3, -0.25) is 10.1 Å². The molecule has 0 aromatic heterocycles. The lowest BCUT2D eigenvalue weighted by molar-refractivity contribution is -0.385. The molecule has 90 valence electrons. The van der Waals surface area contributed by atoms with Crippen molar-refractivity contribution in [1.82, 2.24) is 5.32 Å². The van der Waals surface area contributed by atoms with Crippen LogP contribution in [0.2, 0.25) is 0 Å². The van der Waals surface area contributed by atoms with E-state index in [1.165, 1.54) is 12.1 Å². The molecule has 0 spiro atoms. The van der Waals surface area contributed by atoms with Crippen LogP contribution in [0, 0.1) is 10.1 Å². The molecule has 1 fully saturated rings. The molecule has 2 N–H and O–H groups in total. The van der Waals surface area contributed by atoms with Crippen molar-refractivity contribution in [2.75, 3.05) is 6.61 Å². The number of nitro groups is 1. The van der Waals surface area contributed by atoms with Crippen molar-refractivity contribution in [3.05, 3.63) is 33.9 Å². The lowest BCUT2D eigenvalue weighted by Gasteiger charge is -2.23. The predicted octanol–water partition coefficient (Wildman–Crippen LogP) is 1.47. The third kappa shape index (κ3) is 2.27. The second-order valence-corrected chi connectivity index (χ2v) is 3.63. The Kier molecular flexibility index (Phi) is 2.82. The minimum Gasteiger partial charge on any atom is -0.502 e. The van der Waals surface area contributed by atoms with Gasteiger partial charge < -0.3 is 15.2 Å². The zero-order valence-electron chi connectivity index (χ0n) is 8.75. The quantitative estimate of drug-likeness (QED) is 0.600. The summed E-state index contributed by atoms with van der Waals surface area (Å²) in [5, 5.41) is 22.5. The van der Waals surface area contributed by atoms with Crippen LogP contribution in [-0.2, 0) is 4.74 Å². The normalized spacial score (nSPS) is 19.3. The number of ether oxygens (including phenoxy) is 1. The molecule has 0 bridgehead atoms. The van der Waals surface area contributed by atoms with E-state index in [0.29, 0.717) is 12.0 Å². The topological polar surface area (TPSA) is 102 Å². The summed E-state index contributed by atoms with van der Waals surface area (Å²) >= 11 is 0. The Balaban J connectivity index is 2.29. The highest BCUT2D eigenvalue weighted by molar-refractivity contribution is 5.68. The number of nitrogens with zero attached hydrogens (tertiary/aromatic N) is 1. The smallest absolute Gasteiger partial charge is 0.407 e. The molecule has 1 aliphatic heterocycles. The monoisotopic (exact) mass is 238 g/mol. The molecule has 7 nitrogen and oxygen atoms in total. The number of amides is 1. The molecule has 0 saturated carbocycles. The van der Waals surface area contributed by atoms with Crippen molar-refractivity contribution in [3.63, 3.8) is 0 Å². The van der Waals surface area contributed by atoms with Crippen LogP contribution < -0.4 is 5.32 Å². The van der Waals surface area contributed by atoms with E-state index in [1.807, 2.05) is 0 Å². The molecule has 2 rings (SSSR count). The summed E-state index contributed by atoms with van der Waals surface area (Å²) in [6, 6.07) is 3.72. The number of nitrogens with one attached hydrogen (secondary N) is 1. The van der Waals surface area contributed by atoms with Crippen molar-refractivity contribution in [1.29, 1.82) is 0 Å². The number of nitro benzene ring substituents is 1. The SMILES string of the molecule is O=C1N[C@H](c2ccc(O)c([N+](=O)[O-])c2)CCO1. The Morgan fingerprint density at radius 1 is 1.53 bits per heavy atom. The van der Waals surface area contributed by atoms with Gasteiger partial charge in [-0.05, 0) is 11.6 Å². The maximum absolute atomic E-state index is 11.0. The summed E-state index contributed by atoms with van der Waals surface area (Å²) in [6.45, 7) is 0.269. The molecule has 1 aliphatic rings. The van der Waals surface area contributed by atoms with Gasteiger partial charge in [0.05, 0.1) is 17.6 Å². The van der Waals surface area contributed by atoms with E-state index in [0.717, 1.165) is 0 Å². The molecule has 1 saturated heterocycles. The molecule has 0 radical (unpaired) electrons. The van der Waals surface area contributed by atoms with Crippen LogP contribution in [-0.4, -0.2) is 22.7 Å². The summed E-state index contributed by atoms with van der Waals surface area (Å²) in [6.07, 6.45) is -0.00908. The first-order chi connectivity index (χ1) is 8.08. The number of benzene rings is 1. The number of hydrogen-bond donors (Lipinski definition) is 2. The van der Waals surface area contributed by atoms with Gasteiger partial charge in [0.1, 0.15) is 0 Å². The zero-order valence-corrected chi connectivity index (χ0v) is 8.75. The van der Waals surface area contributed by atoms with E-state index in [-0.39, 0.29) is 18.3 Å². The van der Waals surface area contributed by atoms with Gasteiger partial charge >= 0.3 is 11.8 Å². The lowest BCUT2D eigenvalue weighted by Crippen LogP contribution is -2.35. The number of phenolic OH excluding ortho intramolecular Hbond substituents is 1. The van der Waals surface area contributed by atoms with Gasteiger partial charge in [-0.15, -0.1) is 0 Å². The molecule has 1 aromatic carbocycles. The van der Waals surface area contributed by atoms with Gasteiger partial charge in [0, 0.05) is 12.5 Å². The van der Waals surface area contributed by atoms with Gasteiger partial charge in [0.25, 0.3) is 0 Å². The maximum Gasteiger partial charge on any atom is 0.407 e. The first-order valence-electron chi connectivity index (χ1n) is 4.98. The van der Waals surface area contributed by atoms with E-state index >= 15 is 0 Å². The molecule has 1 amide bonds. The zero-order chi connectivity index (χ0) is 12.4. The summed E-state index contributed by atoms with van der Waals surface area (Å²) in [4.78, 5) is 21.0. The molecule has 1 aromatic rings. The third-order valence-electron chi connectivity index (χ3n) is 2.53. The molecule has 7 heteroatoms. The van der Waals surface area contributed by atoms with Crippen molar-refractivity contribution in [2.24, 2.45) is 0 Å². The molecule has 1 heterocycles. The number of hydrogen-bond acceptors (Lipinski definition) is 5. The number of carbonyl (C=O) groups is 1. The number of phenols is 1. The number of alkyl carbamates (subject to hydrolysis) is 1. The number of rotatable bonds is 2. The Bertz CT molecular complexity index is 474. The third-order valence-corrected chi connectivity index (χ3v) is 2.53. The number of carbonyl (C=O) groups excluding carboxylic acids is 1. The highest BCUT2D eigenvalue weighted by Crippen LogP contribution is 2.30. The van der Waals surface area contributed by atoms with Gasteiger partial charge in [-0.2, -0.15) is 0 Å². The van der Waals surface area contributed by atoms with Crippen LogP contribution in [0.5, 0.6) is 5.75 Å². The van der Waals surface area contributed by atoms with Crippen LogP contribution in [0.4, 0.5) is 10.5 Å². The fourth-order valence-corrected chi connectivity index (χ4v) is 1.68. The fraction of sp³-hybridized carbons (Fsp3) is 0.300. The highest BCUT2D eigenvalue weighted by atomic mass is 16.6. The van der Waals surface area contributed by atoms with E-state index in [2.05, 4.69) is 5.32 Å². The van der Waals surface area contributed by atoms with Crippen molar-refractivity contribution in [3.8, 4) is 5.75 Å². The summed E-state index contributed by atoms with van der Waals surface area (Å²) in [5.41, 5.74) is 0.203. The first-order valence-corrected chi connectivity index (χ1v) is 4.98. The van der Waals surface area contributed by atoms with Crippen LogP contribution in [0.3, 0.4) is 0 Å². The van der Waals surface area contributed by atoms with Gasteiger partial charge in [-0.1, -0.05) is 6.07 Å². The van der Waals surface area contributed by atoms with E-state index in [9.17, 15) is 20.0 Å². The number of aromatic hydroxyl groups is 1. The van der Waals surface area contributed by atoms with Crippen LogP contribution in [0.15, 0.2) is 18.2 Å². The van der Waals surface area contributed by atoms with Crippen LogP contribution >= 0.6 is 0 Å². The molecular formula is C10H10N2O5. The van der Waals surface area contributed by atoms with Gasteiger partial charge in [0.15, 0.2) is 5.75 Å². The van der Waals surface area contributed by atoms with Crippen LogP contribution in [0.1, 0.15) is 18.0 Å². The summed E-state index contributed by atoms with van der Waals surface area (Å²) in [5.74, 6) is -0.392. The van der Waals surface area contributed by atoms with E-state index < -0.39 is 16.8 Å². The Hall–Kier alpha value is -2.31. The molecule has 0 aliphatic carbocycles. The Labute approximate surface area is 96.2 Å². The van der Waals surface area contributed by atoms with Crippen molar-refractivity contribution >= 4 is 11.8 Å². The lowest BCUT2D eigenvalue weighted by atomic mass is 10.0. The average Bonchev–Trinajstić information content (AvgIpc) is 2.29. The fourth-order valence-electron chi connectivity index (χ4n) is 1.68. The minimum absolute atomic E-state index is 0.269. The second-order valence-electron chi connectivity index (χ2n) is 3.63. The maximum atomic E-state index is 11.0. The summed E-state index contributed by atoms with van der Waals surface area (Å²) in [7, 11) is 0. The first kappa shape index (κ1) is 11.2. The molecular weight excluding hydrogens is 228 g/mol. The van der Waals surface area contributed by atoms with Crippen LogP contribution in [0.25, 0.3) is 0 Å². The molecule has 0 unspecified atom stereocenters. The highest BCUT2D eigenvalue weighted by Gasteiger charge is 2.23. The summed E-state index contributed by atoms with van der Waals surface area (Å²) < 4.78 is 4.70. The van der Waals surface area contributed by atoms with Gasteiger partial charge in [-0.25, -0.2) is 4.79 Å². The minimum atomic E-state index is -0.667. The number of cyclic esters (lactones) is 1.